The lowest BCUT2D eigenvalue weighted by molar-refractivity contribution is -0.139. The number of carbonyl (C=O) groups is 1. The van der Waals surface area contributed by atoms with Gasteiger partial charge in [-0.05, 0) is 6.42 Å². The molecule has 3 nitrogen and oxygen atoms in total. The summed E-state index contributed by atoms with van der Waals surface area (Å²) in [4.78, 5) is 10.3. The van der Waals surface area contributed by atoms with Crippen LogP contribution in [0.25, 0.3) is 0 Å². The van der Waals surface area contributed by atoms with Gasteiger partial charge in [-0.3, -0.25) is 4.79 Å². The maximum Gasteiger partial charge on any atom is 0.320 e. The molecule has 2 atom stereocenters. The van der Waals surface area contributed by atoms with Crippen molar-refractivity contribution in [2.45, 2.75) is 17.7 Å². The molecular formula is C5H9NO2S. The van der Waals surface area contributed by atoms with Crippen molar-refractivity contribution in [2.24, 2.45) is 0 Å². The van der Waals surface area contributed by atoms with Crippen molar-refractivity contribution >= 4 is 18.6 Å². The Labute approximate surface area is 58.9 Å². The van der Waals surface area contributed by atoms with Crippen LogP contribution in [0.1, 0.15) is 6.42 Å². The van der Waals surface area contributed by atoms with E-state index in [-0.39, 0.29) is 11.3 Å². The highest BCUT2D eigenvalue weighted by atomic mass is 32.1. The number of aliphatic carboxylic acids is 1. The molecule has 0 aromatic carbocycles. The highest BCUT2D eigenvalue weighted by Crippen LogP contribution is 2.11. The van der Waals surface area contributed by atoms with E-state index in [1.807, 2.05) is 0 Å². The first-order valence-electron chi connectivity index (χ1n) is 2.84. The van der Waals surface area contributed by atoms with E-state index in [2.05, 4.69) is 17.9 Å². The van der Waals surface area contributed by atoms with E-state index >= 15 is 0 Å². The second kappa shape index (κ2) is 2.58. The summed E-state index contributed by atoms with van der Waals surface area (Å²) in [7, 11) is 0. The zero-order valence-corrected chi connectivity index (χ0v) is 5.77. The first-order valence-corrected chi connectivity index (χ1v) is 3.36. The maximum atomic E-state index is 10.3. The van der Waals surface area contributed by atoms with Crippen molar-refractivity contribution in [2.75, 3.05) is 6.54 Å². The Bertz CT molecular complexity index is 128. The van der Waals surface area contributed by atoms with E-state index in [0.29, 0.717) is 13.0 Å². The molecule has 0 aromatic rings. The van der Waals surface area contributed by atoms with Crippen molar-refractivity contribution in [3.05, 3.63) is 0 Å². The molecule has 4 heteroatoms. The Kier molecular flexibility index (Phi) is 1.97. The van der Waals surface area contributed by atoms with E-state index in [0.717, 1.165) is 0 Å². The first kappa shape index (κ1) is 6.89. The number of hydrogen-bond donors (Lipinski definition) is 3. The molecule has 9 heavy (non-hydrogen) atoms. The third-order valence-electron chi connectivity index (χ3n) is 1.41. The van der Waals surface area contributed by atoms with E-state index in [1.165, 1.54) is 0 Å². The molecule has 1 aliphatic rings. The van der Waals surface area contributed by atoms with Crippen LogP contribution in [0.5, 0.6) is 0 Å². The lowest BCUT2D eigenvalue weighted by Crippen LogP contribution is -2.29. The molecule has 0 aliphatic carbocycles. The van der Waals surface area contributed by atoms with Gasteiger partial charge in [0.2, 0.25) is 0 Å². The normalized spacial score (nSPS) is 34.8. The van der Waals surface area contributed by atoms with Crippen molar-refractivity contribution in [3.63, 3.8) is 0 Å². The van der Waals surface area contributed by atoms with Gasteiger partial charge < -0.3 is 10.4 Å². The van der Waals surface area contributed by atoms with Gasteiger partial charge in [-0.2, -0.15) is 12.6 Å². The van der Waals surface area contributed by atoms with Crippen LogP contribution in [-0.4, -0.2) is 28.9 Å². The highest BCUT2D eigenvalue weighted by molar-refractivity contribution is 7.81. The topological polar surface area (TPSA) is 49.3 Å². The van der Waals surface area contributed by atoms with Crippen molar-refractivity contribution in [1.82, 2.24) is 5.32 Å². The van der Waals surface area contributed by atoms with Crippen LogP contribution >= 0.6 is 12.6 Å². The van der Waals surface area contributed by atoms with Gasteiger partial charge in [0.15, 0.2) is 0 Å². The zero-order valence-electron chi connectivity index (χ0n) is 4.87. The third kappa shape index (κ3) is 1.59. The van der Waals surface area contributed by atoms with Crippen LogP contribution in [-0.2, 0) is 4.79 Å². The molecule has 0 amide bonds. The van der Waals surface area contributed by atoms with Gasteiger partial charge in [0, 0.05) is 11.8 Å². The molecule has 1 aliphatic heterocycles. The van der Waals surface area contributed by atoms with Crippen LogP contribution in [0, 0.1) is 0 Å². The second-order valence-electron chi connectivity index (χ2n) is 2.19. The molecular weight excluding hydrogens is 138 g/mol. The quantitative estimate of drug-likeness (QED) is 0.447. The smallest absolute Gasteiger partial charge is 0.320 e. The minimum atomic E-state index is -0.772. The molecule has 1 heterocycles. The number of nitrogens with one attached hydrogen (secondary N) is 1. The maximum absolute atomic E-state index is 10.3. The molecule has 1 unspecified atom stereocenters. The SMILES string of the molecule is O=C(O)C1C[C@H](S)CN1. The van der Waals surface area contributed by atoms with Gasteiger partial charge in [-0.1, -0.05) is 0 Å². The van der Waals surface area contributed by atoms with E-state index < -0.39 is 5.97 Å². The Morgan fingerprint density at radius 1 is 1.78 bits per heavy atom. The predicted molar refractivity (Wildman–Crippen MR) is 36.8 cm³/mol. The molecule has 1 rings (SSSR count). The summed E-state index contributed by atoms with van der Waals surface area (Å²) in [6.45, 7) is 0.708. The number of carboxylic acids is 1. The highest BCUT2D eigenvalue weighted by Gasteiger charge is 2.26. The standard InChI is InChI=1S/C5H9NO2S/c7-5(8)4-1-3(9)2-6-4/h3-4,6,9H,1-2H2,(H,7,8)/t3-,4?/m0/s1. The Balaban J connectivity index is 2.39. The second-order valence-corrected chi connectivity index (χ2v) is 2.92. The van der Waals surface area contributed by atoms with E-state index in [1.54, 1.807) is 0 Å². The van der Waals surface area contributed by atoms with Crippen molar-refractivity contribution in [1.29, 1.82) is 0 Å². The third-order valence-corrected chi connectivity index (χ3v) is 1.80. The fraction of sp³-hybridized carbons (Fsp3) is 0.800. The van der Waals surface area contributed by atoms with Gasteiger partial charge >= 0.3 is 5.97 Å². The molecule has 0 bridgehead atoms. The average molecular weight is 147 g/mol. The lowest BCUT2D eigenvalue weighted by atomic mass is 10.2. The van der Waals surface area contributed by atoms with E-state index in [4.69, 9.17) is 5.11 Å². The fourth-order valence-corrected chi connectivity index (χ4v) is 1.22. The Morgan fingerprint density at radius 2 is 2.44 bits per heavy atom. The molecule has 0 aromatic heterocycles. The van der Waals surface area contributed by atoms with Crippen molar-refractivity contribution < 1.29 is 9.90 Å². The van der Waals surface area contributed by atoms with Crippen LogP contribution < -0.4 is 5.32 Å². The minimum absolute atomic E-state index is 0.214. The summed E-state index contributed by atoms with van der Waals surface area (Å²) in [5.41, 5.74) is 0. The van der Waals surface area contributed by atoms with Crippen LogP contribution in [0.15, 0.2) is 0 Å². The van der Waals surface area contributed by atoms with Gasteiger partial charge in [0.1, 0.15) is 6.04 Å². The predicted octanol–water partition coefficient (Wildman–Crippen LogP) is -0.269. The molecule has 0 radical (unpaired) electrons. The molecule has 1 fully saturated rings. The van der Waals surface area contributed by atoms with Gasteiger partial charge in [0.05, 0.1) is 0 Å². The molecule has 52 valence electrons. The van der Waals surface area contributed by atoms with Crippen molar-refractivity contribution in [3.8, 4) is 0 Å². The largest absolute Gasteiger partial charge is 0.480 e. The minimum Gasteiger partial charge on any atom is -0.480 e. The van der Waals surface area contributed by atoms with Crippen LogP contribution in [0.3, 0.4) is 0 Å². The zero-order chi connectivity index (χ0) is 6.85. The number of rotatable bonds is 1. The molecule has 0 saturated carbocycles. The number of carboxylic acid groups (broad SMARTS) is 1. The summed E-state index contributed by atoms with van der Waals surface area (Å²) >= 11 is 4.12. The van der Waals surface area contributed by atoms with Gasteiger partial charge in [0.25, 0.3) is 0 Å². The molecule has 0 spiro atoms. The summed E-state index contributed by atoms with van der Waals surface area (Å²) < 4.78 is 0. The lowest BCUT2D eigenvalue weighted by Gasteiger charge is -1.99. The monoisotopic (exact) mass is 147 g/mol. The Morgan fingerprint density at radius 3 is 2.67 bits per heavy atom. The molecule has 2 N–H and O–H groups in total. The fourth-order valence-electron chi connectivity index (χ4n) is 0.905. The molecule has 1 saturated heterocycles. The summed E-state index contributed by atoms with van der Waals surface area (Å²) in [6, 6.07) is -0.368. The van der Waals surface area contributed by atoms with Crippen LogP contribution in [0.2, 0.25) is 0 Å². The van der Waals surface area contributed by atoms with Gasteiger partial charge in [-0.15, -0.1) is 0 Å². The van der Waals surface area contributed by atoms with Gasteiger partial charge in [-0.25, -0.2) is 0 Å². The number of hydrogen-bond acceptors (Lipinski definition) is 3. The average Bonchev–Trinajstić information content (AvgIpc) is 2.14. The Hall–Kier alpha value is -0.220. The first-order chi connectivity index (χ1) is 4.20. The summed E-state index contributed by atoms with van der Waals surface area (Å²) in [5.74, 6) is -0.772. The van der Waals surface area contributed by atoms with Crippen LogP contribution in [0.4, 0.5) is 0 Å². The summed E-state index contributed by atoms with van der Waals surface area (Å²) in [5, 5.41) is 11.5. The summed E-state index contributed by atoms with van der Waals surface area (Å²) in [6.07, 6.45) is 0.637. The number of thiol groups is 1. The van der Waals surface area contributed by atoms with E-state index in [9.17, 15) is 4.79 Å².